The first-order valence-corrected chi connectivity index (χ1v) is 19.0. The zero-order valence-electron chi connectivity index (χ0n) is 28.7. The summed E-state index contributed by atoms with van der Waals surface area (Å²) in [6.07, 6.45) is 2.10. The second kappa shape index (κ2) is 14.0. The smallest absolute Gasteiger partial charge is 0.410 e. The first-order chi connectivity index (χ1) is 21.1. The summed E-state index contributed by atoms with van der Waals surface area (Å²) in [4.78, 5) is 31.1. The van der Waals surface area contributed by atoms with E-state index in [4.69, 9.17) is 18.6 Å². The van der Waals surface area contributed by atoms with Crippen LogP contribution in [0.1, 0.15) is 71.9 Å². The molecule has 0 radical (unpaired) electrons. The molecule has 0 N–H and O–H groups in total. The first kappa shape index (κ1) is 34.6. The van der Waals surface area contributed by atoms with Crippen LogP contribution in [0.5, 0.6) is 11.5 Å². The number of amides is 2. The van der Waals surface area contributed by atoms with Gasteiger partial charge in [-0.2, -0.15) is 0 Å². The summed E-state index contributed by atoms with van der Waals surface area (Å²) in [5, 5.41) is 0.152. The Morgan fingerprint density at radius 3 is 2.24 bits per heavy atom. The predicted octanol–water partition coefficient (Wildman–Crippen LogP) is 7.68. The molecule has 45 heavy (non-hydrogen) atoms. The van der Waals surface area contributed by atoms with Crippen LogP contribution in [0.4, 0.5) is 4.79 Å². The average Bonchev–Trinajstić information content (AvgIpc) is 3.82. The van der Waals surface area contributed by atoms with Gasteiger partial charge in [0.05, 0.1) is 20.3 Å². The molecule has 1 heterocycles. The summed E-state index contributed by atoms with van der Waals surface area (Å²) >= 11 is 0. The van der Waals surface area contributed by atoms with Crippen molar-refractivity contribution >= 4 is 25.9 Å². The van der Waals surface area contributed by atoms with Crippen LogP contribution >= 0.6 is 0 Å². The molecule has 0 aromatic heterocycles. The third kappa shape index (κ3) is 9.36. The standard InChI is InChI=1S/C36H52N2O6Si/c1-35(2,3)44-34(40)37-20-19-31(27-13-17-29(18-14-27)42-21-22-43-45(8,9)36(4,5)6)32(25-37)33(39)38(28-15-16-28)24-26-11-10-12-30(23-26)41-7/h10-14,17-18,23,28H,15-16,19-22,24-25H2,1-9H3. The molecule has 2 aliphatic rings. The summed E-state index contributed by atoms with van der Waals surface area (Å²) < 4.78 is 23.4. The molecule has 1 aliphatic heterocycles. The number of methoxy groups -OCH3 is 1. The van der Waals surface area contributed by atoms with E-state index in [0.717, 1.165) is 41.0 Å². The highest BCUT2D eigenvalue weighted by Crippen LogP contribution is 2.37. The number of carbonyl (C=O) groups is 2. The minimum absolute atomic E-state index is 0.0355. The molecular formula is C36H52N2O6Si. The Bertz CT molecular complexity index is 1370. The van der Waals surface area contributed by atoms with Crippen molar-refractivity contribution in [3.05, 3.63) is 65.2 Å². The highest BCUT2D eigenvalue weighted by Gasteiger charge is 2.38. The third-order valence-electron chi connectivity index (χ3n) is 8.81. The maximum absolute atomic E-state index is 14.4. The average molecular weight is 637 g/mol. The number of hydrogen-bond acceptors (Lipinski definition) is 6. The van der Waals surface area contributed by atoms with E-state index < -0.39 is 20.0 Å². The van der Waals surface area contributed by atoms with Gasteiger partial charge in [-0.1, -0.05) is 45.0 Å². The second-order valence-electron chi connectivity index (χ2n) is 14.6. The summed E-state index contributed by atoms with van der Waals surface area (Å²) in [7, 11) is -0.183. The van der Waals surface area contributed by atoms with Crippen LogP contribution < -0.4 is 9.47 Å². The fourth-order valence-electron chi connectivity index (χ4n) is 5.08. The zero-order valence-corrected chi connectivity index (χ0v) is 29.7. The molecular weight excluding hydrogens is 584 g/mol. The molecule has 9 heteroatoms. The van der Waals surface area contributed by atoms with Crippen LogP contribution in [0, 0.1) is 0 Å². The number of rotatable bonds is 11. The lowest BCUT2D eigenvalue weighted by atomic mass is 9.92. The van der Waals surface area contributed by atoms with Gasteiger partial charge in [0.15, 0.2) is 8.32 Å². The molecule has 2 amide bonds. The highest BCUT2D eigenvalue weighted by molar-refractivity contribution is 6.74. The van der Waals surface area contributed by atoms with Crippen molar-refractivity contribution in [3.8, 4) is 11.5 Å². The van der Waals surface area contributed by atoms with Gasteiger partial charge in [-0.25, -0.2) is 4.79 Å². The van der Waals surface area contributed by atoms with Gasteiger partial charge in [0.25, 0.3) is 5.91 Å². The van der Waals surface area contributed by atoms with Crippen LogP contribution in [0.15, 0.2) is 54.1 Å². The third-order valence-corrected chi connectivity index (χ3v) is 13.4. The molecule has 2 aromatic carbocycles. The van der Waals surface area contributed by atoms with E-state index in [-0.39, 0.29) is 23.5 Å². The molecule has 1 saturated carbocycles. The summed E-state index contributed by atoms with van der Waals surface area (Å²) in [5.74, 6) is 1.49. The fraction of sp³-hybridized carbons (Fsp3) is 0.556. The minimum Gasteiger partial charge on any atom is -0.497 e. The maximum atomic E-state index is 14.4. The van der Waals surface area contributed by atoms with E-state index in [1.54, 1.807) is 12.0 Å². The number of nitrogens with zero attached hydrogens (tertiary/aromatic N) is 2. The summed E-state index contributed by atoms with van der Waals surface area (Å²) in [6.45, 7) is 18.9. The topological polar surface area (TPSA) is 77.5 Å². The van der Waals surface area contributed by atoms with Crippen molar-refractivity contribution in [1.29, 1.82) is 0 Å². The number of carbonyl (C=O) groups excluding carboxylic acids is 2. The molecule has 8 nitrogen and oxygen atoms in total. The van der Waals surface area contributed by atoms with E-state index in [0.29, 0.717) is 38.3 Å². The lowest BCUT2D eigenvalue weighted by Crippen LogP contribution is -2.44. The van der Waals surface area contributed by atoms with Gasteiger partial charge in [0.1, 0.15) is 23.7 Å². The molecule has 0 spiro atoms. The van der Waals surface area contributed by atoms with Crippen LogP contribution in [-0.4, -0.2) is 75.2 Å². The van der Waals surface area contributed by atoms with Gasteiger partial charge in [0, 0.05) is 24.7 Å². The van der Waals surface area contributed by atoms with Crippen molar-refractivity contribution in [1.82, 2.24) is 9.80 Å². The lowest BCUT2D eigenvalue weighted by molar-refractivity contribution is -0.128. The van der Waals surface area contributed by atoms with Gasteiger partial charge in [0.2, 0.25) is 0 Å². The molecule has 0 unspecified atom stereocenters. The van der Waals surface area contributed by atoms with Crippen molar-refractivity contribution < 1.29 is 28.2 Å². The van der Waals surface area contributed by atoms with Gasteiger partial charge in [-0.15, -0.1) is 0 Å². The largest absolute Gasteiger partial charge is 0.497 e. The van der Waals surface area contributed by atoms with Gasteiger partial charge >= 0.3 is 6.09 Å². The minimum atomic E-state index is -1.83. The summed E-state index contributed by atoms with van der Waals surface area (Å²) in [6, 6.07) is 16.0. The van der Waals surface area contributed by atoms with Gasteiger partial charge in [-0.05, 0) is 99.1 Å². The molecule has 246 valence electrons. The van der Waals surface area contributed by atoms with Crippen molar-refractivity contribution in [2.75, 3.05) is 33.4 Å². The normalized spacial score (nSPS) is 16.0. The molecule has 0 bridgehead atoms. The second-order valence-corrected chi connectivity index (χ2v) is 19.4. The Morgan fingerprint density at radius 2 is 1.64 bits per heavy atom. The van der Waals surface area contributed by atoms with Crippen LogP contribution in [0.3, 0.4) is 0 Å². The van der Waals surface area contributed by atoms with E-state index in [1.165, 1.54) is 0 Å². The van der Waals surface area contributed by atoms with Crippen LogP contribution in [-0.2, 0) is 20.5 Å². The Balaban J connectivity index is 1.56. The van der Waals surface area contributed by atoms with E-state index >= 15 is 0 Å². The number of benzene rings is 2. The maximum Gasteiger partial charge on any atom is 0.410 e. The van der Waals surface area contributed by atoms with Crippen molar-refractivity contribution in [2.45, 2.75) is 97.1 Å². The van der Waals surface area contributed by atoms with E-state index in [2.05, 4.69) is 33.9 Å². The zero-order chi connectivity index (χ0) is 33.0. The van der Waals surface area contributed by atoms with Crippen LogP contribution in [0.2, 0.25) is 18.1 Å². The Morgan fingerprint density at radius 1 is 0.956 bits per heavy atom. The monoisotopic (exact) mass is 636 g/mol. The Hall–Kier alpha value is -3.30. The molecule has 1 fully saturated rings. The van der Waals surface area contributed by atoms with Gasteiger partial charge < -0.3 is 28.4 Å². The Kier molecular flexibility index (Phi) is 10.7. The van der Waals surface area contributed by atoms with Crippen LogP contribution in [0.25, 0.3) is 5.57 Å². The SMILES string of the molecule is COc1cccc(CN(C(=O)C2=C(c3ccc(OCCO[Si](C)(C)C(C)(C)C)cc3)CCN(C(=O)OC(C)(C)C)C2)C2CC2)c1. The highest BCUT2D eigenvalue weighted by atomic mass is 28.4. The lowest BCUT2D eigenvalue weighted by Gasteiger charge is -2.36. The fourth-order valence-corrected chi connectivity index (χ4v) is 6.11. The molecule has 1 aliphatic carbocycles. The van der Waals surface area contributed by atoms with E-state index in [9.17, 15) is 9.59 Å². The van der Waals surface area contributed by atoms with E-state index in [1.807, 2.05) is 74.2 Å². The van der Waals surface area contributed by atoms with Crippen molar-refractivity contribution in [2.24, 2.45) is 0 Å². The Labute approximate surface area is 270 Å². The predicted molar refractivity (Wildman–Crippen MR) is 181 cm³/mol. The molecule has 0 saturated heterocycles. The van der Waals surface area contributed by atoms with Crippen molar-refractivity contribution in [3.63, 3.8) is 0 Å². The van der Waals surface area contributed by atoms with Gasteiger partial charge in [-0.3, -0.25) is 4.79 Å². The number of hydrogen-bond donors (Lipinski definition) is 0. The molecule has 0 atom stereocenters. The first-order valence-electron chi connectivity index (χ1n) is 16.1. The molecule has 4 rings (SSSR count). The summed E-state index contributed by atoms with van der Waals surface area (Å²) in [5.41, 5.74) is 2.95. The quantitative estimate of drug-likeness (QED) is 0.186. The number of ether oxygens (including phenoxy) is 3. The molecule has 2 aromatic rings.